The van der Waals surface area contributed by atoms with Gasteiger partial charge in [-0.2, -0.15) is 0 Å². The topological polar surface area (TPSA) is 38.8 Å². The molecular weight excluding hydrogens is 325 g/mol. The molecule has 1 amide bonds. The van der Waals surface area contributed by atoms with E-state index >= 15 is 0 Å². The van der Waals surface area contributed by atoms with Crippen LogP contribution < -0.4 is 0 Å². The van der Waals surface area contributed by atoms with Crippen LogP contribution >= 0.6 is 23.2 Å². The van der Waals surface area contributed by atoms with E-state index in [1.807, 2.05) is 32.9 Å². The number of carbonyl (C=O) groups is 1. The molecule has 4 nitrogen and oxygen atoms in total. The molecule has 0 bridgehead atoms. The lowest BCUT2D eigenvalue weighted by atomic mass is 9.99. The number of halogens is 2. The lowest BCUT2D eigenvalue weighted by Crippen LogP contribution is -2.39. The highest BCUT2D eigenvalue weighted by Crippen LogP contribution is 2.28. The molecule has 2 rings (SSSR count). The monoisotopic (exact) mass is 345 g/mol. The number of hydrogen-bond acceptors (Lipinski definition) is 3. The van der Waals surface area contributed by atoms with Crippen LogP contribution in [0.4, 0.5) is 4.79 Å². The molecule has 22 heavy (non-hydrogen) atoms. The molecule has 6 heteroatoms. The maximum atomic E-state index is 12.3. The van der Waals surface area contributed by atoms with Crippen LogP contribution in [-0.4, -0.2) is 42.9 Å². The molecule has 0 saturated carbocycles. The standard InChI is InChI=1S/C16H21Cl2NO3/c1-16(2,3)22-15(20)19-6-7-21-10-12(9-19)11-4-5-13(17)14(18)8-11/h4-5,8,12H,6-7,9-10H2,1-3H3. The molecule has 1 aromatic rings. The molecule has 1 unspecified atom stereocenters. The number of hydrogen-bond donors (Lipinski definition) is 0. The second-order valence-electron chi connectivity index (χ2n) is 6.37. The zero-order chi connectivity index (χ0) is 16.3. The number of rotatable bonds is 1. The van der Waals surface area contributed by atoms with Gasteiger partial charge in [-0.15, -0.1) is 0 Å². The van der Waals surface area contributed by atoms with Crippen LogP contribution in [-0.2, 0) is 9.47 Å². The third-order valence-corrected chi connectivity index (χ3v) is 4.07. The average Bonchev–Trinajstić information content (AvgIpc) is 2.66. The van der Waals surface area contributed by atoms with Crippen molar-refractivity contribution in [2.45, 2.75) is 32.3 Å². The Bertz CT molecular complexity index is 543. The number of carbonyl (C=O) groups excluding carboxylic acids is 1. The van der Waals surface area contributed by atoms with Crippen LogP contribution in [0.25, 0.3) is 0 Å². The predicted molar refractivity (Wildman–Crippen MR) is 87.8 cm³/mol. The Hall–Kier alpha value is -0.970. The fourth-order valence-electron chi connectivity index (χ4n) is 2.27. The van der Waals surface area contributed by atoms with Crippen molar-refractivity contribution in [1.29, 1.82) is 0 Å². The summed E-state index contributed by atoms with van der Waals surface area (Å²) in [6, 6.07) is 5.51. The second kappa shape index (κ2) is 7.07. The molecule has 1 heterocycles. The molecule has 0 radical (unpaired) electrons. The van der Waals surface area contributed by atoms with Crippen molar-refractivity contribution in [2.75, 3.05) is 26.3 Å². The van der Waals surface area contributed by atoms with Gasteiger partial charge < -0.3 is 14.4 Å². The minimum Gasteiger partial charge on any atom is -0.444 e. The van der Waals surface area contributed by atoms with Gasteiger partial charge in [0.1, 0.15) is 5.60 Å². The Balaban J connectivity index is 2.12. The molecule has 1 aromatic carbocycles. The summed E-state index contributed by atoms with van der Waals surface area (Å²) in [6.07, 6.45) is -0.317. The quantitative estimate of drug-likeness (QED) is 0.759. The fourth-order valence-corrected chi connectivity index (χ4v) is 2.58. The van der Waals surface area contributed by atoms with E-state index in [0.29, 0.717) is 36.3 Å². The summed E-state index contributed by atoms with van der Waals surface area (Å²) in [4.78, 5) is 14.0. The first-order valence-corrected chi connectivity index (χ1v) is 8.02. The largest absolute Gasteiger partial charge is 0.444 e. The van der Waals surface area contributed by atoms with E-state index in [-0.39, 0.29) is 12.0 Å². The fraction of sp³-hybridized carbons (Fsp3) is 0.562. The van der Waals surface area contributed by atoms with Crippen LogP contribution in [0, 0.1) is 0 Å². The van der Waals surface area contributed by atoms with E-state index < -0.39 is 5.60 Å². The van der Waals surface area contributed by atoms with Crippen LogP contribution in [0.15, 0.2) is 18.2 Å². The Morgan fingerprint density at radius 2 is 2.05 bits per heavy atom. The molecule has 1 atom stereocenters. The summed E-state index contributed by atoms with van der Waals surface area (Å²) in [6.45, 7) is 7.66. The van der Waals surface area contributed by atoms with E-state index in [1.165, 1.54) is 0 Å². The van der Waals surface area contributed by atoms with Crippen molar-refractivity contribution in [2.24, 2.45) is 0 Å². The minimum absolute atomic E-state index is 0.0461. The Morgan fingerprint density at radius 3 is 2.68 bits per heavy atom. The molecule has 0 aromatic heterocycles. The Labute approximate surface area is 141 Å². The van der Waals surface area contributed by atoms with Crippen molar-refractivity contribution < 1.29 is 14.3 Å². The zero-order valence-corrected chi connectivity index (χ0v) is 14.6. The van der Waals surface area contributed by atoms with Crippen molar-refractivity contribution >= 4 is 29.3 Å². The van der Waals surface area contributed by atoms with Crippen molar-refractivity contribution in [3.63, 3.8) is 0 Å². The second-order valence-corrected chi connectivity index (χ2v) is 7.19. The maximum Gasteiger partial charge on any atom is 0.410 e. The Morgan fingerprint density at radius 1 is 1.32 bits per heavy atom. The van der Waals surface area contributed by atoms with Crippen LogP contribution in [0.3, 0.4) is 0 Å². The number of nitrogens with zero attached hydrogens (tertiary/aromatic N) is 1. The molecular formula is C16H21Cl2NO3. The molecule has 0 aliphatic carbocycles. The van der Waals surface area contributed by atoms with E-state index in [2.05, 4.69) is 0 Å². The van der Waals surface area contributed by atoms with Crippen molar-refractivity contribution in [3.05, 3.63) is 33.8 Å². The summed E-state index contributed by atoms with van der Waals surface area (Å²) in [5, 5.41) is 1.02. The van der Waals surface area contributed by atoms with Gasteiger partial charge in [0, 0.05) is 19.0 Å². The highest BCUT2D eigenvalue weighted by atomic mass is 35.5. The Kier molecular flexibility index (Phi) is 5.59. The minimum atomic E-state index is -0.511. The van der Waals surface area contributed by atoms with E-state index in [0.717, 1.165) is 5.56 Å². The smallest absolute Gasteiger partial charge is 0.410 e. The maximum absolute atomic E-state index is 12.3. The van der Waals surface area contributed by atoms with Gasteiger partial charge in [-0.05, 0) is 38.5 Å². The highest BCUT2D eigenvalue weighted by Gasteiger charge is 2.27. The van der Waals surface area contributed by atoms with Crippen molar-refractivity contribution in [3.8, 4) is 0 Å². The van der Waals surface area contributed by atoms with E-state index in [9.17, 15) is 4.79 Å². The third kappa shape index (κ3) is 4.77. The highest BCUT2D eigenvalue weighted by molar-refractivity contribution is 6.42. The van der Waals surface area contributed by atoms with E-state index in [4.69, 9.17) is 32.7 Å². The van der Waals surface area contributed by atoms with Crippen LogP contribution in [0.1, 0.15) is 32.3 Å². The summed E-state index contributed by atoms with van der Waals surface area (Å²) in [5.41, 5.74) is 0.494. The predicted octanol–water partition coefficient (Wildman–Crippen LogP) is 4.34. The van der Waals surface area contributed by atoms with Gasteiger partial charge in [0.2, 0.25) is 0 Å². The van der Waals surface area contributed by atoms with Gasteiger partial charge in [0.25, 0.3) is 0 Å². The molecule has 0 spiro atoms. The molecule has 1 aliphatic heterocycles. The third-order valence-electron chi connectivity index (χ3n) is 3.33. The van der Waals surface area contributed by atoms with Crippen LogP contribution in [0.2, 0.25) is 10.0 Å². The van der Waals surface area contributed by atoms with Crippen molar-refractivity contribution in [1.82, 2.24) is 4.90 Å². The first-order valence-electron chi connectivity index (χ1n) is 7.27. The number of amides is 1. The summed E-state index contributed by atoms with van der Waals surface area (Å²) in [7, 11) is 0. The molecule has 1 fully saturated rings. The lowest BCUT2D eigenvalue weighted by Gasteiger charge is -2.28. The SMILES string of the molecule is CC(C)(C)OC(=O)N1CCOCC(c2ccc(Cl)c(Cl)c2)C1. The number of ether oxygens (including phenoxy) is 2. The molecule has 122 valence electrons. The summed E-state index contributed by atoms with van der Waals surface area (Å²) >= 11 is 12.0. The van der Waals surface area contributed by atoms with Gasteiger partial charge >= 0.3 is 6.09 Å². The molecule has 0 N–H and O–H groups in total. The first-order chi connectivity index (χ1) is 10.3. The van der Waals surface area contributed by atoms with Gasteiger partial charge in [-0.25, -0.2) is 4.79 Å². The normalized spacial score (nSPS) is 19.7. The van der Waals surface area contributed by atoms with Gasteiger partial charge in [-0.1, -0.05) is 29.3 Å². The van der Waals surface area contributed by atoms with Crippen LogP contribution in [0.5, 0.6) is 0 Å². The average molecular weight is 346 g/mol. The van der Waals surface area contributed by atoms with Gasteiger partial charge in [-0.3, -0.25) is 0 Å². The molecule has 1 aliphatic rings. The van der Waals surface area contributed by atoms with Gasteiger partial charge in [0.05, 0.1) is 23.3 Å². The molecule has 1 saturated heterocycles. The zero-order valence-electron chi connectivity index (χ0n) is 13.1. The number of benzene rings is 1. The summed E-state index contributed by atoms with van der Waals surface area (Å²) in [5.74, 6) is 0.0461. The van der Waals surface area contributed by atoms with Gasteiger partial charge in [0.15, 0.2) is 0 Å². The van der Waals surface area contributed by atoms with E-state index in [1.54, 1.807) is 11.0 Å². The lowest BCUT2D eigenvalue weighted by molar-refractivity contribution is 0.0240. The summed E-state index contributed by atoms with van der Waals surface area (Å²) < 4.78 is 11.1. The first kappa shape index (κ1) is 17.4.